The van der Waals surface area contributed by atoms with Crippen molar-refractivity contribution in [1.29, 1.82) is 0 Å². The average Bonchev–Trinajstić information content (AvgIpc) is 3.32. The van der Waals surface area contributed by atoms with Gasteiger partial charge in [0, 0.05) is 40.4 Å². The van der Waals surface area contributed by atoms with E-state index in [1.165, 1.54) is 30.1 Å². The van der Waals surface area contributed by atoms with Gasteiger partial charge in [0.1, 0.15) is 0 Å². The molecule has 1 amide bonds. The van der Waals surface area contributed by atoms with E-state index in [2.05, 4.69) is 41.6 Å². The number of carbonyl (C=O) groups is 1. The van der Waals surface area contributed by atoms with Gasteiger partial charge in [0.25, 0.3) is 11.6 Å². The zero-order valence-electron chi connectivity index (χ0n) is 18.6. The minimum atomic E-state index is -0.456. The molecule has 2 heterocycles. The fraction of sp³-hybridized carbons (Fsp3) is 0.0417. The Kier molecular flexibility index (Phi) is 8.32. The summed E-state index contributed by atoms with van der Waals surface area (Å²) in [6, 6.07) is 17.7. The summed E-state index contributed by atoms with van der Waals surface area (Å²) in [5.41, 5.74) is 4.49. The molecule has 0 aliphatic heterocycles. The van der Waals surface area contributed by atoms with Crippen molar-refractivity contribution in [2.75, 3.05) is 5.75 Å². The van der Waals surface area contributed by atoms with Crippen molar-refractivity contribution in [3.05, 3.63) is 99.3 Å². The molecular formula is C24H18BrN7O3S. The first kappa shape index (κ1) is 24.9. The second kappa shape index (κ2) is 12.0. The lowest BCUT2D eigenvalue weighted by Crippen LogP contribution is -2.19. The number of nitro groups is 1. The van der Waals surface area contributed by atoms with Crippen LogP contribution in [0.4, 0.5) is 5.69 Å². The van der Waals surface area contributed by atoms with Crippen molar-refractivity contribution in [2.45, 2.75) is 5.16 Å². The Balaban J connectivity index is 1.42. The smallest absolute Gasteiger partial charge is 0.272 e. The number of thioether (sulfide) groups is 1. The van der Waals surface area contributed by atoms with Crippen LogP contribution in [-0.4, -0.2) is 42.5 Å². The van der Waals surface area contributed by atoms with Crippen molar-refractivity contribution < 1.29 is 9.72 Å². The first-order valence-electron chi connectivity index (χ1n) is 10.5. The van der Waals surface area contributed by atoms with E-state index in [1.54, 1.807) is 36.7 Å². The van der Waals surface area contributed by atoms with Crippen LogP contribution in [0.15, 0.2) is 93.9 Å². The van der Waals surface area contributed by atoms with Crippen molar-refractivity contribution in [2.24, 2.45) is 5.10 Å². The van der Waals surface area contributed by atoms with Gasteiger partial charge in [-0.05, 0) is 54.6 Å². The minimum Gasteiger partial charge on any atom is -0.272 e. The lowest BCUT2D eigenvalue weighted by atomic mass is 10.2. The number of hydrogen-bond acceptors (Lipinski definition) is 8. The SMILES string of the molecule is O=C(CSc1nnc(-c2cccnc2)n1-c1ccc(Br)cc1)NN=CC=Cc1ccccc1[N+](=O)[O-]. The van der Waals surface area contributed by atoms with E-state index in [0.717, 1.165) is 15.7 Å². The van der Waals surface area contributed by atoms with Gasteiger partial charge in [0.15, 0.2) is 11.0 Å². The number of rotatable bonds is 9. The number of carbonyl (C=O) groups excluding carboxylic acids is 1. The molecule has 0 bridgehead atoms. The van der Waals surface area contributed by atoms with Gasteiger partial charge in [-0.2, -0.15) is 5.10 Å². The largest absolute Gasteiger partial charge is 0.276 e. The molecule has 1 N–H and O–H groups in total. The molecule has 0 unspecified atom stereocenters. The summed E-state index contributed by atoms with van der Waals surface area (Å²) in [5.74, 6) is 0.308. The Morgan fingerprint density at radius 1 is 1.14 bits per heavy atom. The highest BCUT2D eigenvalue weighted by Gasteiger charge is 2.17. The van der Waals surface area contributed by atoms with E-state index < -0.39 is 4.92 Å². The van der Waals surface area contributed by atoms with E-state index in [9.17, 15) is 14.9 Å². The molecule has 10 nitrogen and oxygen atoms in total. The summed E-state index contributed by atoms with van der Waals surface area (Å²) in [4.78, 5) is 27.1. The highest BCUT2D eigenvalue weighted by molar-refractivity contribution is 9.10. The van der Waals surface area contributed by atoms with Gasteiger partial charge in [-0.3, -0.25) is 24.5 Å². The number of nitrogens with one attached hydrogen (secondary N) is 1. The molecule has 0 saturated carbocycles. The fourth-order valence-electron chi connectivity index (χ4n) is 3.12. The Bertz CT molecular complexity index is 1420. The average molecular weight is 564 g/mol. The number of nitrogens with zero attached hydrogens (tertiary/aromatic N) is 6. The van der Waals surface area contributed by atoms with E-state index in [4.69, 9.17) is 0 Å². The van der Waals surface area contributed by atoms with Crippen LogP contribution >= 0.6 is 27.7 Å². The van der Waals surface area contributed by atoms with Crippen molar-refractivity contribution in [3.63, 3.8) is 0 Å². The molecule has 12 heteroatoms. The maximum atomic E-state index is 12.3. The summed E-state index contributed by atoms with van der Waals surface area (Å²) in [6.07, 6.45) is 7.79. The third-order valence-corrected chi connectivity index (χ3v) is 6.19. The second-order valence-corrected chi connectivity index (χ2v) is 8.99. The van der Waals surface area contributed by atoms with Crippen LogP contribution in [0.1, 0.15) is 5.56 Å². The molecule has 4 rings (SSSR count). The molecule has 2 aromatic carbocycles. The maximum absolute atomic E-state index is 12.3. The number of allylic oxidation sites excluding steroid dienone is 1. The molecular weight excluding hydrogens is 546 g/mol. The van der Waals surface area contributed by atoms with Crippen molar-refractivity contribution in [1.82, 2.24) is 25.2 Å². The Morgan fingerprint density at radius 3 is 2.69 bits per heavy atom. The summed E-state index contributed by atoms with van der Waals surface area (Å²) in [6.45, 7) is 0. The molecule has 180 valence electrons. The van der Waals surface area contributed by atoms with Crippen LogP contribution in [0.25, 0.3) is 23.2 Å². The van der Waals surface area contributed by atoms with Crippen LogP contribution in [0.2, 0.25) is 0 Å². The van der Waals surface area contributed by atoms with Gasteiger partial charge < -0.3 is 0 Å². The number of hydrazone groups is 1. The van der Waals surface area contributed by atoms with E-state index in [1.807, 2.05) is 41.0 Å². The molecule has 0 aliphatic carbocycles. The lowest BCUT2D eigenvalue weighted by Gasteiger charge is -2.10. The number of aromatic nitrogens is 4. The second-order valence-electron chi connectivity index (χ2n) is 7.14. The molecule has 4 aromatic rings. The minimum absolute atomic E-state index is 0.0110. The number of nitro benzene ring substituents is 1. The predicted octanol–water partition coefficient (Wildman–Crippen LogP) is 4.91. The monoisotopic (exact) mass is 563 g/mol. The van der Waals surface area contributed by atoms with Crippen LogP contribution in [0, 0.1) is 10.1 Å². The molecule has 0 fully saturated rings. The molecule has 36 heavy (non-hydrogen) atoms. The van der Waals surface area contributed by atoms with Gasteiger partial charge in [-0.1, -0.05) is 39.8 Å². The third kappa shape index (κ3) is 6.29. The molecule has 0 atom stereocenters. The molecule has 0 saturated heterocycles. The Morgan fingerprint density at radius 2 is 1.94 bits per heavy atom. The fourth-order valence-corrected chi connectivity index (χ4v) is 4.13. The van der Waals surface area contributed by atoms with Gasteiger partial charge >= 0.3 is 0 Å². The van der Waals surface area contributed by atoms with E-state index in [-0.39, 0.29) is 17.3 Å². The van der Waals surface area contributed by atoms with Crippen molar-refractivity contribution in [3.8, 4) is 17.1 Å². The van der Waals surface area contributed by atoms with Gasteiger partial charge in [0.05, 0.1) is 16.2 Å². The van der Waals surface area contributed by atoms with Gasteiger partial charge in [-0.25, -0.2) is 5.43 Å². The standard InChI is InChI=1S/C24H18BrN7O3S/c25-19-9-11-20(12-10-19)31-23(18-7-3-13-26-15-18)29-30-24(31)36-16-22(33)28-27-14-4-6-17-5-1-2-8-21(17)32(34)35/h1-15H,16H2,(H,28,33). The molecule has 0 radical (unpaired) electrons. The van der Waals surface area contributed by atoms with Crippen LogP contribution in [0.3, 0.4) is 0 Å². The highest BCUT2D eigenvalue weighted by Crippen LogP contribution is 2.28. The lowest BCUT2D eigenvalue weighted by molar-refractivity contribution is -0.385. The molecule has 0 aliphatic rings. The normalized spacial score (nSPS) is 11.2. The predicted molar refractivity (Wildman–Crippen MR) is 142 cm³/mol. The summed E-state index contributed by atoms with van der Waals surface area (Å²) < 4.78 is 2.80. The number of hydrogen-bond donors (Lipinski definition) is 1. The zero-order valence-corrected chi connectivity index (χ0v) is 21.0. The third-order valence-electron chi connectivity index (χ3n) is 4.73. The van der Waals surface area contributed by atoms with E-state index in [0.29, 0.717) is 16.5 Å². The Hall–Kier alpha value is -4.16. The van der Waals surface area contributed by atoms with Crippen LogP contribution in [-0.2, 0) is 4.79 Å². The summed E-state index contributed by atoms with van der Waals surface area (Å²) in [5, 5.41) is 24.1. The number of amides is 1. The number of benzene rings is 2. The highest BCUT2D eigenvalue weighted by atomic mass is 79.9. The summed E-state index contributed by atoms with van der Waals surface area (Å²) in [7, 11) is 0. The number of para-hydroxylation sites is 1. The first-order valence-corrected chi connectivity index (χ1v) is 12.3. The van der Waals surface area contributed by atoms with Crippen LogP contribution in [0.5, 0.6) is 0 Å². The molecule has 0 spiro atoms. The quantitative estimate of drug-likeness (QED) is 0.132. The molecule has 2 aromatic heterocycles. The van der Waals surface area contributed by atoms with Crippen LogP contribution < -0.4 is 5.43 Å². The summed E-state index contributed by atoms with van der Waals surface area (Å²) >= 11 is 4.66. The number of halogens is 1. The first-order chi connectivity index (χ1) is 17.5. The van der Waals surface area contributed by atoms with Gasteiger partial charge in [0.2, 0.25) is 0 Å². The topological polar surface area (TPSA) is 128 Å². The maximum Gasteiger partial charge on any atom is 0.276 e. The van der Waals surface area contributed by atoms with Gasteiger partial charge in [-0.15, -0.1) is 10.2 Å². The van der Waals surface area contributed by atoms with Crippen molar-refractivity contribution >= 4 is 51.6 Å². The zero-order chi connectivity index (χ0) is 25.3. The number of pyridine rings is 1. The Labute approximate surface area is 218 Å². The van der Waals surface area contributed by atoms with E-state index >= 15 is 0 Å².